The van der Waals surface area contributed by atoms with Crippen LogP contribution in [-0.2, 0) is 9.47 Å². The Labute approximate surface area is 118 Å². The topological polar surface area (TPSA) is 39.7 Å². The number of hydrogen-bond acceptors (Lipinski definition) is 4. The number of ether oxygens (including phenoxy) is 3. The predicted molar refractivity (Wildman–Crippen MR) is 71.9 cm³/mol. The van der Waals surface area contributed by atoms with Crippen LogP contribution in [0.3, 0.4) is 0 Å². The fourth-order valence-corrected chi connectivity index (χ4v) is 2.01. The SMILES string of the molecule is COC(OC)C(C)NC(C)c1ccc(OC(F)F)cc1. The van der Waals surface area contributed by atoms with Gasteiger partial charge in [-0.25, -0.2) is 0 Å². The highest BCUT2D eigenvalue weighted by molar-refractivity contribution is 5.29. The minimum atomic E-state index is -2.81. The highest BCUT2D eigenvalue weighted by atomic mass is 19.3. The summed E-state index contributed by atoms with van der Waals surface area (Å²) in [5.74, 6) is 0.149. The second kappa shape index (κ2) is 8.14. The summed E-state index contributed by atoms with van der Waals surface area (Å²) in [6, 6.07) is 6.55. The molecule has 1 N–H and O–H groups in total. The monoisotopic (exact) mass is 289 g/mol. The van der Waals surface area contributed by atoms with Crippen LogP contribution in [0.25, 0.3) is 0 Å². The van der Waals surface area contributed by atoms with Crippen LogP contribution in [0.4, 0.5) is 8.78 Å². The van der Waals surface area contributed by atoms with E-state index in [2.05, 4.69) is 10.1 Å². The largest absolute Gasteiger partial charge is 0.435 e. The summed E-state index contributed by atoms with van der Waals surface area (Å²) in [7, 11) is 3.15. The summed E-state index contributed by atoms with van der Waals surface area (Å²) in [6.45, 7) is 1.12. The summed E-state index contributed by atoms with van der Waals surface area (Å²) in [4.78, 5) is 0. The number of hydrogen-bond donors (Lipinski definition) is 1. The van der Waals surface area contributed by atoms with Gasteiger partial charge in [0.25, 0.3) is 0 Å². The third-order valence-electron chi connectivity index (χ3n) is 2.99. The van der Waals surface area contributed by atoms with Gasteiger partial charge in [0, 0.05) is 20.3 Å². The third-order valence-corrected chi connectivity index (χ3v) is 2.99. The van der Waals surface area contributed by atoms with E-state index in [0.717, 1.165) is 5.56 Å². The number of methoxy groups -OCH3 is 2. The van der Waals surface area contributed by atoms with Gasteiger partial charge in [0.15, 0.2) is 6.29 Å². The van der Waals surface area contributed by atoms with Crippen molar-refractivity contribution < 1.29 is 23.0 Å². The lowest BCUT2D eigenvalue weighted by atomic mass is 10.1. The Morgan fingerprint density at radius 3 is 2.00 bits per heavy atom. The molecule has 0 amide bonds. The average molecular weight is 289 g/mol. The number of nitrogens with one attached hydrogen (secondary N) is 1. The zero-order chi connectivity index (χ0) is 15.1. The van der Waals surface area contributed by atoms with Crippen molar-refractivity contribution in [3.8, 4) is 5.75 Å². The van der Waals surface area contributed by atoms with Crippen LogP contribution in [0.15, 0.2) is 24.3 Å². The van der Waals surface area contributed by atoms with Gasteiger partial charge < -0.3 is 19.5 Å². The zero-order valence-electron chi connectivity index (χ0n) is 12.1. The first-order valence-corrected chi connectivity index (χ1v) is 6.34. The van der Waals surface area contributed by atoms with E-state index in [0.29, 0.717) is 0 Å². The van der Waals surface area contributed by atoms with Gasteiger partial charge in [0.05, 0.1) is 6.04 Å². The molecule has 4 nitrogen and oxygen atoms in total. The molecule has 0 aliphatic heterocycles. The second-order valence-electron chi connectivity index (χ2n) is 4.46. The van der Waals surface area contributed by atoms with Gasteiger partial charge in [0.1, 0.15) is 5.75 Å². The van der Waals surface area contributed by atoms with Crippen LogP contribution in [0.1, 0.15) is 25.5 Å². The molecule has 0 aromatic heterocycles. The van der Waals surface area contributed by atoms with Crippen molar-refractivity contribution >= 4 is 0 Å². The van der Waals surface area contributed by atoms with Crippen LogP contribution in [0, 0.1) is 0 Å². The molecule has 0 aliphatic rings. The second-order valence-corrected chi connectivity index (χ2v) is 4.46. The highest BCUT2D eigenvalue weighted by Crippen LogP contribution is 2.20. The van der Waals surface area contributed by atoms with E-state index in [4.69, 9.17) is 9.47 Å². The number of alkyl halides is 2. The van der Waals surface area contributed by atoms with Gasteiger partial charge in [-0.3, -0.25) is 0 Å². The van der Waals surface area contributed by atoms with Crippen molar-refractivity contribution in [2.24, 2.45) is 0 Å². The van der Waals surface area contributed by atoms with E-state index >= 15 is 0 Å². The molecular weight excluding hydrogens is 268 g/mol. The Hall–Kier alpha value is -1.24. The summed E-state index contributed by atoms with van der Waals surface area (Å²) < 4.78 is 38.8. The fraction of sp³-hybridized carbons (Fsp3) is 0.571. The molecule has 0 radical (unpaired) electrons. The number of halogens is 2. The standard InChI is InChI=1S/C14H21F2NO3/c1-9(17-10(2)13(18-3)19-4)11-5-7-12(8-6-11)20-14(15)16/h5-10,13-14,17H,1-4H3. The number of rotatable bonds is 8. The Bertz CT molecular complexity index is 383. The van der Waals surface area contributed by atoms with Crippen molar-refractivity contribution in [1.29, 1.82) is 0 Å². The summed E-state index contributed by atoms with van der Waals surface area (Å²) in [5.41, 5.74) is 0.962. The molecule has 0 spiro atoms. The molecule has 0 fully saturated rings. The summed E-state index contributed by atoms with van der Waals surface area (Å²) in [6.07, 6.45) is -0.348. The molecule has 114 valence electrons. The van der Waals surface area contributed by atoms with Crippen molar-refractivity contribution in [2.75, 3.05) is 14.2 Å². The van der Waals surface area contributed by atoms with Gasteiger partial charge in [-0.2, -0.15) is 8.78 Å². The molecule has 1 aromatic rings. The minimum absolute atomic E-state index is 0.0167. The Morgan fingerprint density at radius 2 is 1.55 bits per heavy atom. The quantitative estimate of drug-likeness (QED) is 0.747. The van der Waals surface area contributed by atoms with E-state index in [1.165, 1.54) is 12.1 Å². The van der Waals surface area contributed by atoms with E-state index in [9.17, 15) is 8.78 Å². The normalized spacial score (nSPS) is 14.6. The molecule has 0 saturated carbocycles. The zero-order valence-corrected chi connectivity index (χ0v) is 12.1. The highest BCUT2D eigenvalue weighted by Gasteiger charge is 2.18. The van der Waals surface area contributed by atoms with Crippen molar-refractivity contribution in [3.05, 3.63) is 29.8 Å². The van der Waals surface area contributed by atoms with Crippen molar-refractivity contribution in [2.45, 2.75) is 38.8 Å². The fourth-order valence-electron chi connectivity index (χ4n) is 2.01. The minimum Gasteiger partial charge on any atom is -0.435 e. The van der Waals surface area contributed by atoms with Crippen LogP contribution >= 0.6 is 0 Å². The van der Waals surface area contributed by atoms with E-state index in [1.807, 2.05) is 13.8 Å². The Balaban J connectivity index is 2.61. The molecule has 2 unspecified atom stereocenters. The van der Waals surface area contributed by atoms with Crippen LogP contribution in [-0.4, -0.2) is 33.2 Å². The third kappa shape index (κ3) is 5.03. The van der Waals surface area contributed by atoms with Gasteiger partial charge in [-0.15, -0.1) is 0 Å². The number of benzene rings is 1. The van der Waals surface area contributed by atoms with E-state index in [1.54, 1.807) is 26.4 Å². The van der Waals surface area contributed by atoms with Gasteiger partial charge in [-0.1, -0.05) is 12.1 Å². The maximum Gasteiger partial charge on any atom is 0.387 e. The lowest BCUT2D eigenvalue weighted by molar-refractivity contribution is -0.120. The van der Waals surface area contributed by atoms with Crippen LogP contribution < -0.4 is 10.1 Å². The van der Waals surface area contributed by atoms with Gasteiger partial charge >= 0.3 is 6.61 Å². The maximum absolute atomic E-state index is 12.1. The Morgan fingerprint density at radius 1 is 1.00 bits per heavy atom. The first kappa shape index (κ1) is 16.8. The molecular formula is C14H21F2NO3. The average Bonchev–Trinajstić information content (AvgIpc) is 2.40. The van der Waals surface area contributed by atoms with Crippen LogP contribution in [0.2, 0.25) is 0 Å². The van der Waals surface area contributed by atoms with Gasteiger partial charge in [-0.05, 0) is 31.5 Å². The molecule has 20 heavy (non-hydrogen) atoms. The lowest BCUT2D eigenvalue weighted by Gasteiger charge is -2.26. The lowest BCUT2D eigenvalue weighted by Crippen LogP contribution is -2.40. The molecule has 0 heterocycles. The smallest absolute Gasteiger partial charge is 0.387 e. The summed E-state index contributed by atoms with van der Waals surface area (Å²) >= 11 is 0. The molecule has 1 aromatic carbocycles. The van der Waals surface area contributed by atoms with Crippen molar-refractivity contribution in [1.82, 2.24) is 5.32 Å². The molecule has 0 aliphatic carbocycles. The Kier molecular flexibility index (Phi) is 6.84. The van der Waals surface area contributed by atoms with E-state index < -0.39 is 6.61 Å². The predicted octanol–water partition coefficient (Wildman–Crippen LogP) is 2.95. The maximum atomic E-state index is 12.1. The summed E-state index contributed by atoms with van der Waals surface area (Å²) in [5, 5.41) is 3.32. The van der Waals surface area contributed by atoms with Crippen LogP contribution in [0.5, 0.6) is 5.75 Å². The molecule has 0 bridgehead atoms. The first-order valence-electron chi connectivity index (χ1n) is 6.34. The van der Waals surface area contributed by atoms with Crippen molar-refractivity contribution in [3.63, 3.8) is 0 Å². The first-order chi connectivity index (χ1) is 9.47. The van der Waals surface area contributed by atoms with E-state index in [-0.39, 0.29) is 24.1 Å². The van der Waals surface area contributed by atoms with Gasteiger partial charge in [0.2, 0.25) is 0 Å². The molecule has 0 saturated heterocycles. The molecule has 2 atom stereocenters. The molecule has 6 heteroatoms. The molecule has 1 rings (SSSR count).